The molecule has 0 bridgehead atoms. The first-order valence-electron chi connectivity index (χ1n) is 4.72. The maximum Gasteiger partial charge on any atom is 0.394 e. The molecule has 1 atom stereocenters. The summed E-state index contributed by atoms with van der Waals surface area (Å²) in [6.45, 7) is 1.66. The molecule has 8 heteroatoms. The molecular weight excluding hydrogens is 241 g/mol. The van der Waals surface area contributed by atoms with Crippen LogP contribution in [0.25, 0.3) is 0 Å². The lowest BCUT2D eigenvalue weighted by Gasteiger charge is -2.34. The molecule has 0 aromatic heterocycles. The predicted molar refractivity (Wildman–Crippen MR) is 52.3 cm³/mol. The average Bonchev–Trinajstić information content (AvgIpc) is 2.22. The molecule has 17 heavy (non-hydrogen) atoms. The van der Waals surface area contributed by atoms with Gasteiger partial charge in [-0.2, -0.15) is 13.2 Å². The lowest BCUT2D eigenvalue weighted by molar-refractivity contribution is -0.230. The van der Waals surface area contributed by atoms with Crippen LogP contribution in [0, 0.1) is 11.3 Å². The third-order valence-electron chi connectivity index (χ3n) is 2.66. The van der Waals surface area contributed by atoms with E-state index in [2.05, 4.69) is 4.74 Å². The van der Waals surface area contributed by atoms with Gasteiger partial charge in [-0.05, 0) is 0 Å². The summed E-state index contributed by atoms with van der Waals surface area (Å²) < 4.78 is 42.5. The largest absolute Gasteiger partial charge is 0.469 e. The van der Waals surface area contributed by atoms with Crippen LogP contribution < -0.4 is 11.3 Å². The molecule has 0 unspecified atom stereocenters. The van der Waals surface area contributed by atoms with Crippen LogP contribution in [0.2, 0.25) is 0 Å². The van der Waals surface area contributed by atoms with Crippen LogP contribution in [0.1, 0.15) is 20.3 Å². The molecule has 0 aliphatic heterocycles. The molecule has 5 nitrogen and oxygen atoms in total. The Hall–Kier alpha value is -1.31. The fourth-order valence-electron chi connectivity index (χ4n) is 1.22. The minimum atomic E-state index is -4.64. The van der Waals surface area contributed by atoms with Crippen molar-refractivity contribution in [2.45, 2.75) is 26.4 Å². The molecule has 3 N–H and O–H groups in total. The van der Waals surface area contributed by atoms with Crippen LogP contribution in [0.5, 0.6) is 0 Å². The second-order valence-corrected chi connectivity index (χ2v) is 4.06. The molecule has 0 fully saturated rings. The van der Waals surface area contributed by atoms with Gasteiger partial charge in [0.1, 0.15) is 0 Å². The van der Waals surface area contributed by atoms with Crippen molar-refractivity contribution in [2.75, 3.05) is 7.11 Å². The van der Waals surface area contributed by atoms with Gasteiger partial charge in [0.05, 0.1) is 24.9 Å². The Morgan fingerprint density at radius 1 is 1.35 bits per heavy atom. The van der Waals surface area contributed by atoms with Gasteiger partial charge < -0.3 is 4.74 Å². The Balaban J connectivity index is 5.18. The summed E-state index contributed by atoms with van der Waals surface area (Å²) in [5, 5.41) is 0. The van der Waals surface area contributed by atoms with Crippen molar-refractivity contribution in [3.8, 4) is 0 Å². The molecule has 0 spiro atoms. The summed E-state index contributed by atoms with van der Waals surface area (Å²) in [6.07, 6.45) is -5.33. The number of esters is 1. The van der Waals surface area contributed by atoms with Gasteiger partial charge in [0, 0.05) is 0 Å². The fourth-order valence-corrected chi connectivity index (χ4v) is 1.22. The van der Waals surface area contributed by atoms with Crippen LogP contribution in [-0.2, 0) is 14.3 Å². The maximum atomic E-state index is 12.8. The topological polar surface area (TPSA) is 81.4 Å². The van der Waals surface area contributed by atoms with Crippen molar-refractivity contribution in [3.05, 3.63) is 0 Å². The van der Waals surface area contributed by atoms with Gasteiger partial charge in [-0.1, -0.05) is 13.8 Å². The summed E-state index contributed by atoms with van der Waals surface area (Å²) in [5.41, 5.74) is -0.758. The molecular formula is C9H15F3N2O3. The van der Waals surface area contributed by atoms with Crippen LogP contribution in [0.4, 0.5) is 13.2 Å². The molecule has 0 heterocycles. The molecule has 0 aromatic rings. The second kappa shape index (κ2) is 5.35. The molecule has 0 saturated heterocycles. The molecule has 100 valence electrons. The van der Waals surface area contributed by atoms with Crippen molar-refractivity contribution in [1.29, 1.82) is 0 Å². The Bertz CT molecular complexity index is 302. The van der Waals surface area contributed by atoms with Crippen LogP contribution in [0.15, 0.2) is 0 Å². The smallest absolute Gasteiger partial charge is 0.394 e. The zero-order chi connectivity index (χ0) is 13.9. The van der Waals surface area contributed by atoms with E-state index in [0.717, 1.165) is 21.0 Å². The van der Waals surface area contributed by atoms with E-state index in [1.165, 1.54) is 0 Å². The number of nitrogens with one attached hydrogen (secondary N) is 1. The lowest BCUT2D eigenvalue weighted by atomic mass is 9.75. The van der Waals surface area contributed by atoms with Gasteiger partial charge in [-0.15, -0.1) is 0 Å². The average molecular weight is 256 g/mol. The van der Waals surface area contributed by atoms with Crippen molar-refractivity contribution >= 4 is 11.9 Å². The number of halogens is 3. The second-order valence-electron chi connectivity index (χ2n) is 4.06. The Labute approximate surface area is 96.5 Å². The van der Waals surface area contributed by atoms with E-state index in [-0.39, 0.29) is 0 Å². The van der Waals surface area contributed by atoms with Crippen molar-refractivity contribution in [1.82, 2.24) is 5.43 Å². The van der Waals surface area contributed by atoms with E-state index in [1.54, 1.807) is 5.43 Å². The number of hydrazine groups is 1. The van der Waals surface area contributed by atoms with E-state index < -0.39 is 35.8 Å². The summed E-state index contributed by atoms with van der Waals surface area (Å²) in [4.78, 5) is 22.3. The summed E-state index contributed by atoms with van der Waals surface area (Å²) in [6, 6.07) is 0. The van der Waals surface area contributed by atoms with E-state index in [4.69, 9.17) is 5.84 Å². The molecule has 0 aliphatic carbocycles. The minimum Gasteiger partial charge on any atom is -0.469 e. The number of alkyl halides is 3. The quantitative estimate of drug-likeness (QED) is 0.336. The van der Waals surface area contributed by atoms with Crippen molar-refractivity contribution < 1.29 is 27.5 Å². The zero-order valence-electron chi connectivity index (χ0n) is 9.72. The third-order valence-corrected chi connectivity index (χ3v) is 2.66. The number of nitrogens with two attached hydrogens (primary N) is 1. The number of hydrogen-bond donors (Lipinski definition) is 2. The normalized spacial score (nSPS) is 14.1. The van der Waals surface area contributed by atoms with Crippen LogP contribution in [-0.4, -0.2) is 25.2 Å². The van der Waals surface area contributed by atoms with Gasteiger partial charge in [-0.3, -0.25) is 15.0 Å². The van der Waals surface area contributed by atoms with Crippen LogP contribution in [0.3, 0.4) is 0 Å². The van der Waals surface area contributed by atoms with Gasteiger partial charge in [-0.25, -0.2) is 5.84 Å². The molecule has 0 saturated carbocycles. The SMILES string of the molecule is COC(=O)C[C@H](C(=O)NN)C(C)(C)C(F)(F)F. The highest BCUT2D eigenvalue weighted by Crippen LogP contribution is 2.45. The van der Waals surface area contributed by atoms with E-state index >= 15 is 0 Å². The molecule has 0 radical (unpaired) electrons. The summed E-state index contributed by atoms with van der Waals surface area (Å²) in [7, 11) is 1.03. The number of methoxy groups -OCH3 is 1. The first-order chi connectivity index (χ1) is 7.57. The number of ether oxygens (including phenoxy) is 1. The molecule has 0 aliphatic rings. The molecule has 0 aromatic carbocycles. The van der Waals surface area contributed by atoms with Gasteiger partial charge in [0.25, 0.3) is 0 Å². The van der Waals surface area contributed by atoms with E-state index in [0.29, 0.717) is 0 Å². The van der Waals surface area contributed by atoms with Crippen molar-refractivity contribution in [2.24, 2.45) is 17.2 Å². The number of rotatable bonds is 4. The minimum absolute atomic E-state index is 0.688. The third kappa shape index (κ3) is 3.58. The highest BCUT2D eigenvalue weighted by molar-refractivity contribution is 5.84. The fraction of sp³-hybridized carbons (Fsp3) is 0.778. The molecule has 0 rings (SSSR count). The standard InChI is InChI=1S/C9H15F3N2O3/c1-8(2,9(10,11)12)5(7(16)14-13)4-6(15)17-3/h5H,4,13H2,1-3H3,(H,14,16)/t5-/m1/s1. The zero-order valence-corrected chi connectivity index (χ0v) is 9.72. The van der Waals surface area contributed by atoms with Crippen LogP contribution >= 0.6 is 0 Å². The van der Waals surface area contributed by atoms with Gasteiger partial charge >= 0.3 is 12.1 Å². The first-order valence-corrected chi connectivity index (χ1v) is 4.72. The molecule has 1 amide bonds. The lowest BCUT2D eigenvalue weighted by Crippen LogP contribution is -2.49. The van der Waals surface area contributed by atoms with Gasteiger partial charge in [0.15, 0.2) is 0 Å². The predicted octanol–water partition coefficient (Wildman–Crippen LogP) is 0.744. The summed E-state index contributed by atoms with van der Waals surface area (Å²) >= 11 is 0. The highest BCUT2D eigenvalue weighted by atomic mass is 19.4. The Morgan fingerprint density at radius 2 is 1.82 bits per heavy atom. The monoisotopic (exact) mass is 256 g/mol. The number of carbonyl (C=O) groups excluding carboxylic acids is 2. The maximum absolute atomic E-state index is 12.8. The summed E-state index contributed by atoms with van der Waals surface area (Å²) in [5.74, 6) is 1.21. The first kappa shape index (κ1) is 15.7. The highest BCUT2D eigenvalue weighted by Gasteiger charge is 2.55. The number of hydrogen-bond acceptors (Lipinski definition) is 4. The van der Waals surface area contributed by atoms with Crippen molar-refractivity contribution in [3.63, 3.8) is 0 Å². The van der Waals surface area contributed by atoms with E-state index in [1.807, 2.05) is 0 Å². The van der Waals surface area contributed by atoms with Gasteiger partial charge in [0.2, 0.25) is 5.91 Å². The number of amides is 1. The Morgan fingerprint density at radius 3 is 2.12 bits per heavy atom. The number of carbonyl (C=O) groups is 2. The van der Waals surface area contributed by atoms with E-state index in [9.17, 15) is 22.8 Å². The Kier molecular flexibility index (Phi) is 4.94.